The molecule has 4 nitrogen and oxygen atoms in total. The van der Waals surface area contributed by atoms with Crippen molar-refractivity contribution in [1.82, 2.24) is 4.57 Å². The van der Waals surface area contributed by atoms with E-state index in [4.69, 9.17) is 5.10 Å². The Hall–Kier alpha value is -4.83. The summed E-state index contributed by atoms with van der Waals surface area (Å²) in [4.78, 5) is 2.50. The van der Waals surface area contributed by atoms with Crippen molar-refractivity contribution >= 4 is 39.0 Å². The summed E-state index contributed by atoms with van der Waals surface area (Å²) in [7, 11) is 0. The lowest BCUT2D eigenvalue weighted by molar-refractivity contribution is 0.586. The summed E-state index contributed by atoms with van der Waals surface area (Å²) < 4.78 is 2.43. The number of benzene rings is 5. The van der Waals surface area contributed by atoms with Gasteiger partial charge in [0.25, 0.3) is 0 Å². The fourth-order valence-electron chi connectivity index (χ4n) is 7.36. The number of hydrazone groups is 1. The first-order valence-corrected chi connectivity index (χ1v) is 18.2. The number of aromatic nitrogens is 1. The van der Waals surface area contributed by atoms with Gasteiger partial charge in [-0.1, -0.05) is 148 Å². The van der Waals surface area contributed by atoms with Crippen LogP contribution in [0.4, 0.5) is 11.4 Å². The quantitative estimate of drug-likeness (QED) is 0.177. The van der Waals surface area contributed by atoms with Gasteiger partial charge in [-0.2, -0.15) is 5.10 Å². The van der Waals surface area contributed by atoms with Gasteiger partial charge in [0.05, 0.1) is 22.4 Å². The van der Waals surface area contributed by atoms with Crippen LogP contribution in [-0.4, -0.2) is 17.1 Å². The van der Waals surface area contributed by atoms with Crippen LogP contribution in [0.1, 0.15) is 109 Å². The Morgan fingerprint density at radius 1 is 0.600 bits per heavy atom. The summed E-state index contributed by atoms with van der Waals surface area (Å²) in [6.07, 6.45) is 0. The average molecular weight is 661 g/mol. The van der Waals surface area contributed by atoms with E-state index >= 15 is 0 Å². The average Bonchev–Trinajstić information content (AvgIpc) is 3.67. The maximum absolute atomic E-state index is 5.60. The number of amidine groups is 1. The summed E-state index contributed by atoms with van der Waals surface area (Å²) in [5.41, 5.74) is 12.5. The fraction of sp³-hybridized carbons (Fsp3) is 0.326. The van der Waals surface area contributed by atoms with Gasteiger partial charge in [-0.15, -0.1) is 0 Å². The molecule has 0 bridgehead atoms. The fourth-order valence-corrected chi connectivity index (χ4v) is 7.36. The Kier molecular flexibility index (Phi) is 8.41. The van der Waals surface area contributed by atoms with E-state index in [1.54, 1.807) is 0 Å². The molecule has 4 heteroatoms. The predicted molar refractivity (Wildman–Crippen MR) is 216 cm³/mol. The van der Waals surface area contributed by atoms with Crippen molar-refractivity contribution in [1.29, 1.82) is 0 Å². The van der Waals surface area contributed by atoms with Crippen molar-refractivity contribution in [3.05, 3.63) is 137 Å². The largest absolute Gasteiger partial charge is 0.307 e. The predicted octanol–water partition coefficient (Wildman–Crippen LogP) is 12.3. The molecule has 0 fully saturated rings. The van der Waals surface area contributed by atoms with E-state index in [1.165, 1.54) is 49.7 Å². The zero-order valence-electron chi connectivity index (χ0n) is 31.5. The third-order valence-electron chi connectivity index (χ3n) is 10.2. The lowest BCUT2D eigenvalue weighted by Crippen LogP contribution is -2.34. The molecule has 50 heavy (non-hydrogen) atoms. The van der Waals surface area contributed by atoms with Crippen molar-refractivity contribution in [2.45, 2.75) is 91.9 Å². The SMILES string of the molecule is CC(C)c1cc(C(C)(C)C)cc(C(C)C)c1N1CN(c2cc(C(C)(C)C)cc3c4ccccc4n(-c4ccccc4)c23)N=C1c1ccccc1. The van der Waals surface area contributed by atoms with Gasteiger partial charge in [0, 0.05) is 22.0 Å². The van der Waals surface area contributed by atoms with Crippen LogP contribution in [0.2, 0.25) is 0 Å². The van der Waals surface area contributed by atoms with Gasteiger partial charge in [-0.25, -0.2) is 5.01 Å². The second kappa shape index (κ2) is 12.5. The number of anilines is 2. The van der Waals surface area contributed by atoms with Crippen LogP contribution in [0, 0.1) is 0 Å². The summed E-state index contributed by atoms with van der Waals surface area (Å²) in [5.74, 6) is 1.66. The van der Waals surface area contributed by atoms with Crippen molar-refractivity contribution in [2.75, 3.05) is 16.6 Å². The highest BCUT2D eigenvalue weighted by Crippen LogP contribution is 2.45. The third kappa shape index (κ3) is 5.89. The van der Waals surface area contributed by atoms with Crippen LogP contribution in [0.25, 0.3) is 27.5 Å². The standard InChI is InChI=1S/C46H52N4/c1-30(2)37-25-33(45(5,6)7)26-38(31(3)4)42(37)48-29-49(47-44(48)32-19-13-11-14-20-32)41-28-34(46(8,9)10)27-39-36-23-17-18-24-40(36)50(43(39)41)35-21-15-12-16-22-35/h11-28,30-31H,29H2,1-10H3. The zero-order chi connectivity index (χ0) is 35.5. The molecular weight excluding hydrogens is 609 g/mol. The molecule has 0 radical (unpaired) electrons. The molecule has 1 aromatic heterocycles. The monoisotopic (exact) mass is 660 g/mol. The second-order valence-corrected chi connectivity index (χ2v) is 16.7. The van der Waals surface area contributed by atoms with E-state index in [2.05, 4.69) is 193 Å². The first kappa shape index (κ1) is 33.7. The highest BCUT2D eigenvalue weighted by molar-refractivity contribution is 6.16. The topological polar surface area (TPSA) is 23.8 Å². The van der Waals surface area contributed by atoms with Gasteiger partial charge >= 0.3 is 0 Å². The molecule has 7 rings (SSSR count). The minimum absolute atomic E-state index is 0.0447. The number of hydrogen-bond donors (Lipinski definition) is 0. The summed E-state index contributed by atoms with van der Waals surface area (Å²) in [5, 5.41) is 10.4. The van der Waals surface area contributed by atoms with Crippen LogP contribution in [0.3, 0.4) is 0 Å². The summed E-state index contributed by atoms with van der Waals surface area (Å²) in [6, 6.07) is 40.1. The Balaban J connectivity index is 1.54. The maximum Gasteiger partial charge on any atom is 0.162 e. The number of rotatable bonds is 6. The minimum Gasteiger partial charge on any atom is -0.307 e. The van der Waals surface area contributed by atoms with Crippen LogP contribution in [-0.2, 0) is 10.8 Å². The van der Waals surface area contributed by atoms with Crippen LogP contribution >= 0.6 is 0 Å². The van der Waals surface area contributed by atoms with Crippen molar-refractivity contribution in [2.24, 2.45) is 5.10 Å². The van der Waals surface area contributed by atoms with Gasteiger partial charge in [0.1, 0.15) is 6.67 Å². The smallest absolute Gasteiger partial charge is 0.162 e. The molecule has 2 heterocycles. The summed E-state index contributed by atoms with van der Waals surface area (Å²) >= 11 is 0. The molecule has 0 atom stereocenters. The molecule has 0 aliphatic carbocycles. The molecule has 6 aromatic rings. The lowest BCUT2D eigenvalue weighted by atomic mass is 9.80. The highest BCUT2D eigenvalue weighted by Gasteiger charge is 2.34. The molecule has 0 spiro atoms. The molecule has 0 saturated carbocycles. The molecule has 256 valence electrons. The molecule has 0 amide bonds. The van der Waals surface area contributed by atoms with Gasteiger partial charge in [0.15, 0.2) is 5.84 Å². The number of para-hydroxylation sites is 2. The lowest BCUT2D eigenvalue weighted by Gasteiger charge is -2.32. The van der Waals surface area contributed by atoms with Crippen molar-refractivity contribution in [3.8, 4) is 5.69 Å². The van der Waals surface area contributed by atoms with E-state index < -0.39 is 0 Å². The number of nitrogens with zero attached hydrogens (tertiary/aromatic N) is 4. The zero-order valence-corrected chi connectivity index (χ0v) is 31.5. The van der Waals surface area contributed by atoms with Gasteiger partial charge in [0.2, 0.25) is 0 Å². The summed E-state index contributed by atoms with van der Waals surface area (Å²) in [6.45, 7) is 23.8. The van der Waals surface area contributed by atoms with Gasteiger partial charge < -0.3 is 9.47 Å². The highest BCUT2D eigenvalue weighted by atomic mass is 15.6. The number of fused-ring (bicyclic) bond motifs is 3. The Morgan fingerprint density at radius 3 is 1.72 bits per heavy atom. The van der Waals surface area contributed by atoms with Gasteiger partial charge in [-0.3, -0.25) is 0 Å². The second-order valence-electron chi connectivity index (χ2n) is 16.7. The molecule has 0 N–H and O–H groups in total. The Morgan fingerprint density at radius 2 is 1.14 bits per heavy atom. The van der Waals surface area contributed by atoms with E-state index in [0.29, 0.717) is 18.5 Å². The van der Waals surface area contributed by atoms with E-state index in [9.17, 15) is 0 Å². The van der Waals surface area contributed by atoms with E-state index in [-0.39, 0.29) is 10.8 Å². The first-order valence-electron chi connectivity index (χ1n) is 18.2. The Bertz CT molecular complexity index is 2180. The molecule has 1 aliphatic heterocycles. The minimum atomic E-state index is -0.0529. The molecule has 5 aromatic carbocycles. The maximum atomic E-state index is 5.60. The third-order valence-corrected chi connectivity index (χ3v) is 10.2. The molecular formula is C46H52N4. The van der Waals surface area contributed by atoms with Gasteiger partial charge in [-0.05, 0) is 75.3 Å². The normalized spacial score (nSPS) is 14.1. The molecule has 0 saturated heterocycles. The Labute approximate surface area is 299 Å². The van der Waals surface area contributed by atoms with Crippen LogP contribution in [0.15, 0.2) is 114 Å². The first-order chi connectivity index (χ1) is 23.7. The molecule has 0 unspecified atom stereocenters. The molecule has 1 aliphatic rings. The van der Waals surface area contributed by atoms with E-state index in [1.807, 2.05) is 0 Å². The van der Waals surface area contributed by atoms with Crippen molar-refractivity contribution < 1.29 is 0 Å². The van der Waals surface area contributed by atoms with Crippen molar-refractivity contribution in [3.63, 3.8) is 0 Å². The number of hydrogen-bond acceptors (Lipinski definition) is 3. The van der Waals surface area contributed by atoms with E-state index in [0.717, 1.165) is 22.8 Å². The van der Waals surface area contributed by atoms with Crippen LogP contribution < -0.4 is 9.91 Å². The van der Waals surface area contributed by atoms with Crippen LogP contribution in [0.5, 0.6) is 0 Å².